The number of ether oxygens (including phenoxy) is 3. The first-order valence-electron chi connectivity index (χ1n) is 32.2. The van der Waals surface area contributed by atoms with Crippen LogP contribution in [0.1, 0.15) is 158 Å². The summed E-state index contributed by atoms with van der Waals surface area (Å²) in [7, 11) is -0.792. The number of hydrogen-bond acceptors (Lipinski definition) is 14. The zero-order valence-electron chi connectivity index (χ0n) is 54.5. The van der Waals surface area contributed by atoms with Crippen molar-refractivity contribution in [2.24, 2.45) is 40.2 Å². The fourth-order valence-corrected chi connectivity index (χ4v) is 15.2. The molecule has 0 spiro atoms. The first-order valence-corrected chi connectivity index (χ1v) is 32.2. The lowest BCUT2D eigenvalue weighted by molar-refractivity contribution is -0.384. The molecule has 6 saturated carbocycles. The maximum absolute atomic E-state index is 13.3. The van der Waals surface area contributed by atoms with Crippen LogP contribution in [-0.4, -0.2) is 138 Å². The van der Waals surface area contributed by atoms with Crippen LogP contribution in [0.5, 0.6) is 5.75 Å². The summed E-state index contributed by atoms with van der Waals surface area (Å²) in [5.41, 5.74) is 7.67. The third-order valence-corrected chi connectivity index (χ3v) is 20.3. The zero-order chi connectivity index (χ0) is 63.6. The molecule has 5 N–H and O–H groups in total. The minimum atomic E-state index is -0.682. The number of nitrogens with zero attached hydrogens (tertiary/aromatic N) is 3. The van der Waals surface area contributed by atoms with Crippen LogP contribution >= 0.6 is 12.4 Å². The summed E-state index contributed by atoms with van der Waals surface area (Å²) in [4.78, 5) is 63.9. The predicted molar refractivity (Wildman–Crippen MR) is 344 cm³/mol. The number of likely N-dealkylation sites (tertiary alicyclic amines) is 2. The van der Waals surface area contributed by atoms with Gasteiger partial charge in [0.25, 0.3) is 5.69 Å². The SMILES string of the molecule is CC(C)(C)OC(=O)N1CCCC[C@@H]1CNC(=O)N[C@@H](Cc1ccccc1)B1O[C@@H]2C[C@@H]3C[C@@H](C3(C)C)[C@]2(C)O1.CC(C)(C)OC(=O)N1CCCC[C@@H]1CNC(=O)Oc1ccc([N+](=O)[O-])cc1.CC1(C)[C@@H]2C[C@H]3OB([C@@H](N)Cc4ccccc4)O[C@@]3(C)[C@H]1C2.Cl. The molecule has 13 rings (SSSR count). The van der Waals surface area contributed by atoms with Crippen LogP contribution < -0.4 is 26.4 Å². The lowest BCUT2D eigenvalue weighted by atomic mass is 9.43. The second-order valence-electron chi connectivity index (χ2n) is 29.3. The van der Waals surface area contributed by atoms with E-state index < -0.39 is 35.4 Å². The van der Waals surface area contributed by atoms with Gasteiger partial charge in [0.15, 0.2) is 0 Å². The number of halogens is 1. The molecule has 0 radical (unpaired) electrons. The van der Waals surface area contributed by atoms with Gasteiger partial charge in [-0.25, -0.2) is 19.2 Å². The van der Waals surface area contributed by atoms with Crippen molar-refractivity contribution < 1.29 is 56.9 Å². The molecular formula is C66H98B2ClN7O13. The van der Waals surface area contributed by atoms with Crippen molar-refractivity contribution in [2.75, 3.05) is 26.2 Å². The number of carbonyl (C=O) groups excluding carboxylic acids is 4. The number of piperidine rings is 2. The van der Waals surface area contributed by atoms with Crippen LogP contribution in [0.4, 0.5) is 24.9 Å². The number of hydrogen-bond donors (Lipinski definition) is 4. The number of amides is 5. The van der Waals surface area contributed by atoms with E-state index in [2.05, 4.69) is 93.9 Å². The summed E-state index contributed by atoms with van der Waals surface area (Å²) >= 11 is 0. The molecule has 488 valence electrons. The summed E-state index contributed by atoms with van der Waals surface area (Å²) in [6.07, 6.45) is 10.3. The molecule has 10 aliphatic rings. The van der Waals surface area contributed by atoms with Gasteiger partial charge in [-0.1, -0.05) is 88.4 Å². The lowest BCUT2D eigenvalue weighted by Gasteiger charge is -2.64. The fraction of sp³-hybridized carbons (Fsp3) is 0.667. The molecule has 4 heterocycles. The third-order valence-electron chi connectivity index (χ3n) is 20.3. The monoisotopic (exact) mass is 1250 g/mol. The second kappa shape index (κ2) is 28.1. The first-order chi connectivity index (χ1) is 41.4. The molecule has 3 aromatic rings. The van der Waals surface area contributed by atoms with Gasteiger partial charge < -0.3 is 64.3 Å². The third kappa shape index (κ3) is 16.3. The fourth-order valence-electron chi connectivity index (χ4n) is 15.2. The van der Waals surface area contributed by atoms with E-state index in [4.69, 9.17) is 38.6 Å². The highest BCUT2D eigenvalue weighted by atomic mass is 35.5. The molecule has 12 atom stereocenters. The summed E-state index contributed by atoms with van der Waals surface area (Å²) < 4.78 is 42.1. The van der Waals surface area contributed by atoms with E-state index in [1.54, 1.807) is 9.80 Å². The number of nitrogens with two attached hydrogens (primary N) is 1. The molecular weight excluding hydrogens is 1160 g/mol. The molecule has 3 aromatic carbocycles. The number of urea groups is 1. The molecule has 89 heavy (non-hydrogen) atoms. The Labute approximate surface area is 534 Å². The van der Waals surface area contributed by atoms with Crippen molar-refractivity contribution >= 4 is 56.6 Å². The van der Waals surface area contributed by atoms with E-state index in [0.29, 0.717) is 49.2 Å². The Bertz CT molecular complexity index is 2910. The standard InChI is InChI=1S/C30H46BN3O5.C18H26BNO2.C18H25N3O6.ClH/c1-28(2,3)37-27(36)34-15-11-10-14-22(34)19-32-26(35)33-25(16-20-12-8-7-9-13-20)31-38-24-18-21-17-23(29(21,4)5)30(24,6)39-31;1-17(2)13-10-14(17)18(3)15(11-13)21-19(22-18)16(20)9-12-7-5-4-6-8-12;1-18(2,3)27-17(23)20-11-5-4-6-14(20)12-19-16(22)26-15-9-7-13(8-10-15)21(24)25;/h7-9,12-13,21-25H,10-11,14-19H2,1-6H3,(H2,32,33,35);4-8,13-16H,9-11,20H2,1-3H3;7-10,14H,4-6,11-12H2,1-3H3,(H,19,22);1H/t21-,22+,23-,24+,25-,30-;13-,14-,15+,16-,18-;14-;/m001./s1. The Hall–Kier alpha value is -5.64. The van der Waals surface area contributed by atoms with Crippen LogP contribution in [0, 0.1) is 44.6 Å². The van der Waals surface area contributed by atoms with Crippen molar-refractivity contribution in [1.29, 1.82) is 0 Å². The van der Waals surface area contributed by atoms with E-state index >= 15 is 0 Å². The summed E-state index contributed by atoms with van der Waals surface area (Å²) in [5, 5.41) is 19.5. The van der Waals surface area contributed by atoms with Gasteiger partial charge in [-0.3, -0.25) is 10.1 Å². The van der Waals surface area contributed by atoms with E-state index in [0.717, 1.165) is 69.3 Å². The van der Waals surface area contributed by atoms with E-state index in [9.17, 15) is 29.3 Å². The Morgan fingerprint density at radius 2 is 1.10 bits per heavy atom. The highest BCUT2D eigenvalue weighted by molar-refractivity contribution is 6.48. The second-order valence-corrected chi connectivity index (χ2v) is 29.3. The number of nitro groups is 1. The average molecular weight is 1250 g/mol. The number of nitrogens with one attached hydrogen (secondary N) is 3. The van der Waals surface area contributed by atoms with Crippen molar-refractivity contribution in [3.8, 4) is 5.75 Å². The summed E-state index contributed by atoms with van der Waals surface area (Å²) in [6.45, 7) is 26.8. The van der Waals surface area contributed by atoms with Gasteiger partial charge in [0.2, 0.25) is 0 Å². The number of non-ortho nitro benzene ring substituents is 1. The topological polar surface area (TPSA) is 245 Å². The number of benzene rings is 3. The minimum absolute atomic E-state index is 0. The van der Waals surface area contributed by atoms with Gasteiger partial charge >= 0.3 is 38.5 Å². The van der Waals surface area contributed by atoms with Crippen molar-refractivity contribution in [2.45, 2.75) is 219 Å². The van der Waals surface area contributed by atoms with E-state index in [1.807, 2.05) is 65.8 Å². The Morgan fingerprint density at radius 1 is 0.652 bits per heavy atom. The van der Waals surface area contributed by atoms with Gasteiger partial charge in [0, 0.05) is 44.3 Å². The molecule has 20 nitrogen and oxygen atoms in total. The Balaban J connectivity index is 0.000000180. The number of nitro benzene ring substituents is 1. The van der Waals surface area contributed by atoms with Crippen LogP contribution in [0.15, 0.2) is 84.9 Å². The Kier molecular flexibility index (Phi) is 21.8. The molecule has 10 fully saturated rings. The average Bonchev–Trinajstić information content (AvgIpc) is 1.75. The number of carbonyl (C=O) groups is 4. The zero-order valence-corrected chi connectivity index (χ0v) is 55.3. The molecule has 4 aliphatic heterocycles. The lowest BCUT2D eigenvalue weighted by Crippen LogP contribution is -2.65. The normalized spacial score (nSPS) is 29.1. The molecule has 5 amide bonds. The van der Waals surface area contributed by atoms with Gasteiger partial charge in [0.05, 0.1) is 46.4 Å². The molecule has 0 unspecified atom stereocenters. The summed E-state index contributed by atoms with van der Waals surface area (Å²) in [6, 6.07) is 25.2. The smallest absolute Gasteiger partial charge is 0.444 e. The molecule has 4 bridgehead atoms. The molecule has 0 aromatic heterocycles. The van der Waals surface area contributed by atoms with Crippen LogP contribution in [0.3, 0.4) is 0 Å². The van der Waals surface area contributed by atoms with Crippen LogP contribution in [0.25, 0.3) is 0 Å². The van der Waals surface area contributed by atoms with Gasteiger partial charge in [-0.15, -0.1) is 12.4 Å². The maximum atomic E-state index is 13.3. The maximum Gasteiger partial charge on any atom is 0.482 e. The van der Waals surface area contributed by atoms with E-state index in [-0.39, 0.29) is 102 Å². The number of rotatable bonds is 13. The van der Waals surface area contributed by atoms with Gasteiger partial charge in [0.1, 0.15) is 17.0 Å². The van der Waals surface area contributed by atoms with Crippen molar-refractivity contribution in [3.05, 3.63) is 106 Å². The summed E-state index contributed by atoms with van der Waals surface area (Å²) in [5.74, 6) is 2.24. The van der Waals surface area contributed by atoms with Crippen molar-refractivity contribution in [3.63, 3.8) is 0 Å². The largest absolute Gasteiger partial charge is 0.482 e. The van der Waals surface area contributed by atoms with Crippen LogP contribution in [0.2, 0.25) is 0 Å². The minimum Gasteiger partial charge on any atom is -0.444 e. The van der Waals surface area contributed by atoms with Crippen molar-refractivity contribution in [1.82, 2.24) is 25.8 Å². The van der Waals surface area contributed by atoms with E-state index in [1.165, 1.54) is 42.7 Å². The van der Waals surface area contributed by atoms with Gasteiger partial charge in [-0.2, -0.15) is 0 Å². The quantitative estimate of drug-likeness (QED) is 0.0707. The Morgan fingerprint density at radius 3 is 1.56 bits per heavy atom. The van der Waals surface area contributed by atoms with Crippen LogP contribution in [-0.2, 0) is 40.9 Å². The molecule has 23 heteroatoms. The molecule has 6 aliphatic carbocycles. The molecule has 4 saturated heterocycles. The highest BCUT2D eigenvalue weighted by Gasteiger charge is 2.70. The predicted octanol–water partition coefficient (Wildman–Crippen LogP) is 11.7. The van der Waals surface area contributed by atoms with Gasteiger partial charge in [-0.05, 0) is 190 Å². The first kappa shape index (κ1) is 69.3. The highest BCUT2D eigenvalue weighted by Crippen LogP contribution is 2.67.